The van der Waals surface area contributed by atoms with E-state index in [0.717, 1.165) is 35.2 Å². The molecule has 1 heterocycles. The van der Waals surface area contributed by atoms with Crippen molar-refractivity contribution in [2.75, 3.05) is 5.73 Å². The molecule has 28 heavy (non-hydrogen) atoms. The molecule has 0 fully saturated rings. The maximum Gasteiger partial charge on any atom is 0.251 e. The van der Waals surface area contributed by atoms with Gasteiger partial charge in [-0.1, -0.05) is 19.2 Å². The summed E-state index contributed by atoms with van der Waals surface area (Å²) in [5, 5.41) is 16.3. The van der Waals surface area contributed by atoms with E-state index in [9.17, 15) is 4.79 Å². The Balaban J connectivity index is 1.79. The Kier molecular flexibility index (Phi) is 5.18. The second-order valence-corrected chi connectivity index (χ2v) is 7.05. The van der Waals surface area contributed by atoms with Crippen LogP contribution in [0.2, 0.25) is 0 Å². The van der Waals surface area contributed by atoms with Crippen LogP contribution in [0.1, 0.15) is 41.8 Å². The number of nitrogens with two attached hydrogens (primary N) is 1. The second-order valence-electron chi connectivity index (χ2n) is 7.05. The first-order valence-corrected chi connectivity index (χ1v) is 9.03. The molecule has 0 saturated carbocycles. The van der Waals surface area contributed by atoms with Crippen molar-refractivity contribution in [2.24, 2.45) is 0 Å². The maximum absolute atomic E-state index is 12.7. The second kappa shape index (κ2) is 7.57. The molecule has 1 aromatic heterocycles. The lowest BCUT2D eigenvalue weighted by atomic mass is 10.0. The number of hydrogen-bond donors (Lipinski definition) is 2. The van der Waals surface area contributed by atoms with Crippen molar-refractivity contribution in [2.45, 2.75) is 32.7 Å². The fourth-order valence-corrected chi connectivity index (χ4v) is 3.43. The van der Waals surface area contributed by atoms with Crippen LogP contribution in [0.3, 0.4) is 0 Å². The number of nitrogens with zero attached hydrogens (tertiary/aromatic N) is 3. The molecule has 1 aromatic carbocycles. The predicted octanol–water partition coefficient (Wildman–Crippen LogP) is 3.42. The minimum absolute atomic E-state index is 0.0873. The van der Waals surface area contributed by atoms with Crippen molar-refractivity contribution in [1.29, 1.82) is 5.26 Å². The van der Waals surface area contributed by atoms with Gasteiger partial charge in [-0.2, -0.15) is 10.4 Å². The molecule has 3 rings (SSSR count). The average molecular weight is 373 g/mol. The van der Waals surface area contributed by atoms with Crippen LogP contribution in [0.15, 0.2) is 54.6 Å². The molecule has 1 atom stereocenters. The number of rotatable bonds is 5. The van der Waals surface area contributed by atoms with Gasteiger partial charge < -0.3 is 11.1 Å². The standard InChI is InChI=1S/C22H23N5O/c1-13(2)20(27-15(4)10-21(24)26-27)9-14(3)22(28)25-19-8-6-17-11-16(12-23)5-7-18(17)19/h5,7,9-11,19H,1,3,6,8H2,2,4H3,(H2,24,26)(H,25,28)/b20-9-/t19-/m0/s1. The third-order valence-corrected chi connectivity index (χ3v) is 4.83. The number of amides is 1. The van der Waals surface area contributed by atoms with Gasteiger partial charge in [-0.25, -0.2) is 4.68 Å². The summed E-state index contributed by atoms with van der Waals surface area (Å²) in [6, 6.07) is 9.40. The Morgan fingerprint density at radius 3 is 2.79 bits per heavy atom. The number of carbonyl (C=O) groups excluding carboxylic acids is 1. The molecule has 0 aliphatic heterocycles. The van der Waals surface area contributed by atoms with E-state index < -0.39 is 0 Å². The number of aryl methyl sites for hydroxylation is 2. The monoisotopic (exact) mass is 373 g/mol. The zero-order valence-corrected chi connectivity index (χ0v) is 16.1. The van der Waals surface area contributed by atoms with Crippen LogP contribution < -0.4 is 11.1 Å². The summed E-state index contributed by atoms with van der Waals surface area (Å²) < 4.78 is 1.66. The molecule has 6 heteroatoms. The molecule has 0 radical (unpaired) electrons. The molecule has 0 saturated heterocycles. The highest BCUT2D eigenvalue weighted by Gasteiger charge is 2.24. The summed E-state index contributed by atoms with van der Waals surface area (Å²) in [6.07, 6.45) is 3.31. The van der Waals surface area contributed by atoms with E-state index in [0.29, 0.717) is 22.7 Å². The summed E-state index contributed by atoms with van der Waals surface area (Å²) in [5.41, 5.74) is 11.1. The van der Waals surface area contributed by atoms with E-state index in [4.69, 9.17) is 11.0 Å². The molecule has 0 bridgehead atoms. The highest BCUT2D eigenvalue weighted by atomic mass is 16.1. The fourth-order valence-electron chi connectivity index (χ4n) is 3.43. The number of carbonyl (C=O) groups is 1. The molecular formula is C22H23N5O. The van der Waals surface area contributed by atoms with E-state index in [-0.39, 0.29) is 11.9 Å². The minimum Gasteiger partial charge on any atom is -0.382 e. The van der Waals surface area contributed by atoms with Crippen molar-refractivity contribution < 1.29 is 4.79 Å². The molecule has 142 valence electrons. The molecule has 0 spiro atoms. The lowest BCUT2D eigenvalue weighted by Gasteiger charge is -2.15. The molecule has 6 nitrogen and oxygen atoms in total. The first kappa shape index (κ1) is 19.2. The predicted molar refractivity (Wildman–Crippen MR) is 110 cm³/mol. The van der Waals surface area contributed by atoms with Gasteiger partial charge in [-0.3, -0.25) is 4.79 Å². The van der Waals surface area contributed by atoms with E-state index in [1.54, 1.807) is 22.9 Å². The zero-order chi connectivity index (χ0) is 20.4. The number of anilines is 1. The van der Waals surface area contributed by atoms with Gasteiger partial charge in [0.2, 0.25) is 0 Å². The first-order valence-electron chi connectivity index (χ1n) is 9.03. The molecule has 2 aromatic rings. The Morgan fingerprint density at radius 2 is 2.18 bits per heavy atom. The van der Waals surface area contributed by atoms with Crippen LogP contribution in [-0.2, 0) is 11.2 Å². The Bertz CT molecular complexity index is 1050. The van der Waals surface area contributed by atoms with E-state index in [2.05, 4.69) is 29.6 Å². The van der Waals surface area contributed by atoms with Gasteiger partial charge in [-0.15, -0.1) is 0 Å². The first-order chi connectivity index (χ1) is 13.3. The number of hydrogen-bond acceptors (Lipinski definition) is 4. The summed E-state index contributed by atoms with van der Waals surface area (Å²) in [7, 11) is 0. The maximum atomic E-state index is 12.7. The van der Waals surface area contributed by atoms with Gasteiger partial charge in [-0.05, 0) is 61.6 Å². The van der Waals surface area contributed by atoms with E-state index in [1.165, 1.54) is 0 Å². The summed E-state index contributed by atoms with van der Waals surface area (Å²) in [5.74, 6) is 0.151. The molecule has 1 aliphatic carbocycles. The molecular weight excluding hydrogens is 350 g/mol. The number of nitrogens with one attached hydrogen (secondary N) is 1. The Labute approximate surface area is 164 Å². The highest BCUT2D eigenvalue weighted by Crippen LogP contribution is 2.32. The SMILES string of the molecule is C=C(/C=C(/C(=C)C)n1nc(N)cc1C)C(=O)N[C@H]1CCc2cc(C#N)ccc21. The normalized spacial score (nSPS) is 15.6. The summed E-state index contributed by atoms with van der Waals surface area (Å²) >= 11 is 0. The zero-order valence-electron chi connectivity index (χ0n) is 16.1. The average Bonchev–Trinajstić information content (AvgIpc) is 3.20. The van der Waals surface area contributed by atoms with Crippen LogP contribution in [0, 0.1) is 18.3 Å². The molecule has 0 unspecified atom stereocenters. The van der Waals surface area contributed by atoms with Gasteiger partial charge in [0, 0.05) is 17.3 Å². The van der Waals surface area contributed by atoms with Gasteiger partial charge >= 0.3 is 0 Å². The van der Waals surface area contributed by atoms with Crippen LogP contribution >= 0.6 is 0 Å². The van der Waals surface area contributed by atoms with Crippen molar-refractivity contribution in [3.05, 3.63) is 77.0 Å². The van der Waals surface area contributed by atoms with E-state index >= 15 is 0 Å². The van der Waals surface area contributed by atoms with Crippen LogP contribution in [0.5, 0.6) is 0 Å². The number of nitriles is 1. The van der Waals surface area contributed by atoms with Crippen LogP contribution in [-0.4, -0.2) is 15.7 Å². The topological polar surface area (TPSA) is 96.7 Å². The summed E-state index contributed by atoms with van der Waals surface area (Å²) in [6.45, 7) is 11.6. The minimum atomic E-state index is -0.251. The third kappa shape index (κ3) is 3.74. The highest BCUT2D eigenvalue weighted by molar-refractivity contribution is 5.97. The molecule has 3 N–H and O–H groups in total. The third-order valence-electron chi connectivity index (χ3n) is 4.83. The van der Waals surface area contributed by atoms with Crippen molar-refractivity contribution >= 4 is 17.4 Å². The van der Waals surface area contributed by atoms with Crippen LogP contribution in [0.25, 0.3) is 5.70 Å². The summed E-state index contributed by atoms with van der Waals surface area (Å²) in [4.78, 5) is 12.7. The van der Waals surface area contributed by atoms with Gasteiger partial charge in [0.25, 0.3) is 5.91 Å². The van der Waals surface area contributed by atoms with Gasteiger partial charge in [0.1, 0.15) is 5.82 Å². The van der Waals surface area contributed by atoms with E-state index in [1.807, 2.05) is 26.0 Å². The number of allylic oxidation sites excluding steroid dienone is 2. The van der Waals surface area contributed by atoms with Crippen molar-refractivity contribution in [3.8, 4) is 6.07 Å². The molecule has 1 aliphatic rings. The number of nitrogen functional groups attached to an aromatic ring is 1. The number of fused-ring (bicyclic) bond motifs is 1. The largest absolute Gasteiger partial charge is 0.382 e. The molecule has 1 amide bonds. The quantitative estimate of drug-likeness (QED) is 0.620. The fraction of sp³-hybridized carbons (Fsp3) is 0.227. The van der Waals surface area contributed by atoms with Crippen molar-refractivity contribution in [3.63, 3.8) is 0 Å². The Morgan fingerprint density at radius 1 is 1.43 bits per heavy atom. The van der Waals surface area contributed by atoms with Gasteiger partial charge in [0.15, 0.2) is 0 Å². The van der Waals surface area contributed by atoms with Crippen molar-refractivity contribution in [1.82, 2.24) is 15.1 Å². The smallest absolute Gasteiger partial charge is 0.251 e. The lowest BCUT2D eigenvalue weighted by Crippen LogP contribution is -2.28. The number of benzene rings is 1. The lowest BCUT2D eigenvalue weighted by molar-refractivity contribution is -0.117. The van der Waals surface area contributed by atoms with Gasteiger partial charge in [0.05, 0.1) is 23.4 Å². The van der Waals surface area contributed by atoms with Crippen LogP contribution in [0.4, 0.5) is 5.82 Å². The number of aromatic nitrogens is 2. The Hall–Kier alpha value is -3.59.